The number of nitrogens with two attached hydrogens (primary N) is 1. The zero-order valence-corrected chi connectivity index (χ0v) is 14.8. The number of carbonyl (C=O) groups excluding carboxylic acids is 1. The van der Waals surface area contributed by atoms with E-state index in [-0.39, 0.29) is 37.1 Å². The highest BCUT2D eigenvalue weighted by atomic mass is 35.5. The van der Waals surface area contributed by atoms with Crippen LogP contribution in [0.4, 0.5) is 13.2 Å². The molecule has 1 aromatic rings. The summed E-state index contributed by atoms with van der Waals surface area (Å²) in [6.07, 6.45) is -4.68. The molecule has 25 heavy (non-hydrogen) atoms. The summed E-state index contributed by atoms with van der Waals surface area (Å²) in [5, 5.41) is -0.290. The smallest absolute Gasteiger partial charge is 0.339 e. The molecule has 0 unspecified atom stereocenters. The van der Waals surface area contributed by atoms with Gasteiger partial charge in [0.1, 0.15) is 4.90 Å². The molecule has 1 heterocycles. The molecule has 11 heteroatoms. The Bertz CT molecular complexity index is 760. The number of sulfonamides is 1. The van der Waals surface area contributed by atoms with Crippen molar-refractivity contribution >= 4 is 27.5 Å². The first-order valence-corrected chi connectivity index (χ1v) is 9.17. The van der Waals surface area contributed by atoms with Crippen LogP contribution >= 0.6 is 11.6 Å². The van der Waals surface area contributed by atoms with Crippen LogP contribution < -0.4 is 5.73 Å². The average molecular weight is 400 g/mol. The molecule has 0 aliphatic carbocycles. The fraction of sp³-hybridized carbons (Fsp3) is 0.500. The molecular weight excluding hydrogens is 383 g/mol. The molecule has 0 bridgehead atoms. The second-order valence-corrected chi connectivity index (χ2v) is 7.97. The molecule has 0 aromatic heterocycles. The molecule has 1 amide bonds. The maximum Gasteiger partial charge on any atom is 0.416 e. The predicted molar refractivity (Wildman–Crippen MR) is 85.4 cm³/mol. The molecule has 1 saturated heterocycles. The second kappa shape index (κ2) is 7.10. The van der Waals surface area contributed by atoms with Crippen molar-refractivity contribution < 1.29 is 26.4 Å². The Morgan fingerprint density at radius 1 is 1.24 bits per heavy atom. The number of hydrogen-bond donors (Lipinski definition) is 1. The van der Waals surface area contributed by atoms with E-state index in [0.29, 0.717) is 6.07 Å². The van der Waals surface area contributed by atoms with Crippen LogP contribution in [0.25, 0.3) is 0 Å². The van der Waals surface area contributed by atoms with Crippen molar-refractivity contribution in [2.45, 2.75) is 24.0 Å². The minimum atomic E-state index is -4.68. The van der Waals surface area contributed by atoms with Gasteiger partial charge in [0.25, 0.3) is 0 Å². The van der Waals surface area contributed by atoms with Gasteiger partial charge in [-0.1, -0.05) is 11.6 Å². The van der Waals surface area contributed by atoms with Gasteiger partial charge in [0.05, 0.1) is 16.6 Å². The number of nitrogens with zero attached hydrogens (tertiary/aromatic N) is 2. The molecular formula is C14H17ClF3N3O3S. The SMILES string of the molecule is C[C@H](N)C(=O)N1CCN(S(=O)(=O)c2cc(C(F)(F)F)ccc2Cl)CC1. The van der Waals surface area contributed by atoms with Crippen molar-refractivity contribution in [3.63, 3.8) is 0 Å². The van der Waals surface area contributed by atoms with E-state index in [1.54, 1.807) is 0 Å². The summed E-state index contributed by atoms with van der Waals surface area (Å²) in [6, 6.07) is 1.45. The second-order valence-electron chi connectivity index (χ2n) is 5.66. The van der Waals surface area contributed by atoms with Gasteiger partial charge in [0, 0.05) is 26.2 Å². The third kappa shape index (κ3) is 4.25. The summed E-state index contributed by atoms with van der Waals surface area (Å²) in [5.41, 5.74) is 4.41. The van der Waals surface area contributed by atoms with E-state index in [4.69, 9.17) is 17.3 Å². The lowest BCUT2D eigenvalue weighted by molar-refractivity contribution is -0.137. The Hall–Kier alpha value is -1.36. The van der Waals surface area contributed by atoms with E-state index in [0.717, 1.165) is 16.4 Å². The van der Waals surface area contributed by atoms with Gasteiger partial charge in [0.2, 0.25) is 15.9 Å². The van der Waals surface area contributed by atoms with E-state index in [1.165, 1.54) is 11.8 Å². The maximum atomic E-state index is 12.8. The molecule has 2 rings (SSSR count). The number of benzene rings is 1. The summed E-state index contributed by atoms with van der Waals surface area (Å²) < 4.78 is 64.8. The van der Waals surface area contributed by atoms with Crippen LogP contribution in [0.5, 0.6) is 0 Å². The molecule has 1 aliphatic heterocycles. The van der Waals surface area contributed by atoms with Gasteiger partial charge in [-0.05, 0) is 25.1 Å². The van der Waals surface area contributed by atoms with Gasteiger partial charge in [-0.3, -0.25) is 4.79 Å². The number of amides is 1. The van der Waals surface area contributed by atoms with Crippen LogP contribution in [0.1, 0.15) is 12.5 Å². The summed E-state index contributed by atoms with van der Waals surface area (Å²) in [5.74, 6) is -0.311. The topological polar surface area (TPSA) is 83.7 Å². The normalized spacial score (nSPS) is 18.2. The van der Waals surface area contributed by atoms with Crippen LogP contribution in [-0.4, -0.2) is 55.8 Å². The van der Waals surface area contributed by atoms with E-state index in [2.05, 4.69) is 0 Å². The van der Waals surface area contributed by atoms with Crippen LogP contribution in [0.3, 0.4) is 0 Å². The Balaban J connectivity index is 2.25. The Kier molecular flexibility index (Phi) is 5.67. The van der Waals surface area contributed by atoms with Crippen LogP contribution in [0.15, 0.2) is 23.1 Å². The first-order valence-electron chi connectivity index (χ1n) is 7.36. The predicted octanol–water partition coefficient (Wildman–Crippen LogP) is 1.54. The molecule has 140 valence electrons. The van der Waals surface area contributed by atoms with Gasteiger partial charge in [-0.2, -0.15) is 17.5 Å². The zero-order valence-electron chi connectivity index (χ0n) is 13.3. The average Bonchev–Trinajstić information content (AvgIpc) is 2.53. The lowest BCUT2D eigenvalue weighted by atomic mass is 10.2. The first kappa shape index (κ1) is 20.0. The fourth-order valence-electron chi connectivity index (χ4n) is 2.45. The zero-order chi connectivity index (χ0) is 19.0. The van der Waals surface area contributed by atoms with E-state index >= 15 is 0 Å². The Morgan fingerprint density at radius 2 is 1.80 bits per heavy atom. The first-order chi connectivity index (χ1) is 11.4. The molecule has 1 aromatic carbocycles. The molecule has 0 spiro atoms. The lowest BCUT2D eigenvalue weighted by Gasteiger charge is -2.35. The van der Waals surface area contributed by atoms with Crippen molar-refractivity contribution in [1.82, 2.24) is 9.21 Å². The molecule has 0 radical (unpaired) electrons. The Labute approximate surface area is 148 Å². The summed E-state index contributed by atoms with van der Waals surface area (Å²) in [7, 11) is -4.21. The van der Waals surface area contributed by atoms with E-state index < -0.39 is 32.7 Å². The highest BCUT2D eigenvalue weighted by Gasteiger charge is 2.36. The monoisotopic (exact) mass is 399 g/mol. The molecule has 1 atom stereocenters. The summed E-state index contributed by atoms with van der Waals surface area (Å²) in [4.78, 5) is 12.6. The largest absolute Gasteiger partial charge is 0.416 e. The number of piperazine rings is 1. The van der Waals surface area contributed by atoms with Gasteiger partial charge in [-0.25, -0.2) is 8.42 Å². The van der Waals surface area contributed by atoms with Crippen molar-refractivity contribution in [2.75, 3.05) is 26.2 Å². The quantitative estimate of drug-likeness (QED) is 0.835. The summed E-state index contributed by atoms with van der Waals surface area (Å²) >= 11 is 5.82. The number of carbonyl (C=O) groups is 1. The lowest BCUT2D eigenvalue weighted by Crippen LogP contribution is -2.53. The van der Waals surface area contributed by atoms with Crippen molar-refractivity contribution in [3.05, 3.63) is 28.8 Å². The standard InChI is InChI=1S/C14H17ClF3N3O3S/c1-9(19)13(22)20-4-6-21(7-5-20)25(23,24)12-8-10(14(16,17)18)2-3-11(12)15/h2-3,8-9H,4-7,19H2,1H3/t9-/m0/s1. The number of halogens is 4. The van der Waals surface area contributed by atoms with Gasteiger partial charge < -0.3 is 10.6 Å². The minimum absolute atomic E-state index is 0.0482. The molecule has 6 nitrogen and oxygen atoms in total. The van der Waals surface area contributed by atoms with Crippen LogP contribution in [0, 0.1) is 0 Å². The van der Waals surface area contributed by atoms with E-state index in [9.17, 15) is 26.4 Å². The number of hydrogen-bond acceptors (Lipinski definition) is 4. The third-order valence-corrected chi connectivity index (χ3v) is 6.20. The molecule has 1 fully saturated rings. The van der Waals surface area contributed by atoms with Crippen molar-refractivity contribution in [3.8, 4) is 0 Å². The third-order valence-electron chi connectivity index (χ3n) is 3.82. The minimum Gasteiger partial charge on any atom is -0.339 e. The molecule has 2 N–H and O–H groups in total. The summed E-state index contributed by atoms with van der Waals surface area (Å²) in [6.45, 7) is 1.64. The fourth-order valence-corrected chi connectivity index (χ4v) is 4.38. The molecule has 0 saturated carbocycles. The number of alkyl halides is 3. The van der Waals surface area contributed by atoms with Crippen LogP contribution in [0.2, 0.25) is 5.02 Å². The van der Waals surface area contributed by atoms with Gasteiger partial charge >= 0.3 is 6.18 Å². The number of rotatable bonds is 3. The Morgan fingerprint density at radius 3 is 2.28 bits per heavy atom. The van der Waals surface area contributed by atoms with Crippen molar-refractivity contribution in [2.24, 2.45) is 5.73 Å². The van der Waals surface area contributed by atoms with Gasteiger partial charge in [-0.15, -0.1) is 0 Å². The van der Waals surface area contributed by atoms with Gasteiger partial charge in [0.15, 0.2) is 0 Å². The van der Waals surface area contributed by atoms with E-state index in [1.807, 2.05) is 0 Å². The van der Waals surface area contributed by atoms with Crippen molar-refractivity contribution in [1.29, 1.82) is 0 Å². The molecule has 1 aliphatic rings. The highest BCUT2D eigenvalue weighted by Crippen LogP contribution is 2.34. The maximum absolute atomic E-state index is 12.8. The van der Waals surface area contributed by atoms with Crippen LogP contribution in [-0.2, 0) is 21.0 Å². The highest BCUT2D eigenvalue weighted by molar-refractivity contribution is 7.89.